The lowest BCUT2D eigenvalue weighted by molar-refractivity contribution is -0.140. The van der Waals surface area contributed by atoms with Gasteiger partial charge in [-0.2, -0.15) is 0 Å². The molecule has 0 fully saturated rings. The highest BCUT2D eigenvalue weighted by molar-refractivity contribution is 9.10. The molecule has 1 atom stereocenters. The molecule has 0 bridgehead atoms. The maximum atomic E-state index is 11.7. The summed E-state index contributed by atoms with van der Waals surface area (Å²) in [4.78, 5) is 22.7. The first-order chi connectivity index (χ1) is 8.81. The molecule has 0 aliphatic rings. The van der Waals surface area contributed by atoms with Crippen LogP contribution < -0.4 is 10.6 Å². The average Bonchev–Trinajstić information content (AvgIpc) is 2.30. The minimum atomic E-state index is -1.04. The smallest absolute Gasteiger partial charge is 0.326 e. The van der Waals surface area contributed by atoms with Crippen molar-refractivity contribution in [1.29, 1.82) is 0 Å². The summed E-state index contributed by atoms with van der Waals surface area (Å²) in [5.41, 5.74) is 1.60. The number of hydrogen-bond acceptors (Lipinski definition) is 2. The first-order valence-electron chi connectivity index (χ1n) is 5.87. The Bertz CT molecular complexity index is 489. The molecular weight excluding hydrogens is 312 g/mol. The summed E-state index contributed by atoms with van der Waals surface area (Å²) in [6.07, 6.45) is 0. The predicted molar refractivity (Wildman–Crippen MR) is 77.3 cm³/mol. The van der Waals surface area contributed by atoms with Gasteiger partial charge in [0.25, 0.3) is 0 Å². The van der Waals surface area contributed by atoms with Crippen molar-refractivity contribution in [3.63, 3.8) is 0 Å². The van der Waals surface area contributed by atoms with Crippen LogP contribution in [0.1, 0.15) is 19.4 Å². The van der Waals surface area contributed by atoms with Crippen LogP contribution in [0.5, 0.6) is 0 Å². The van der Waals surface area contributed by atoms with Crippen LogP contribution in [0, 0.1) is 12.8 Å². The summed E-state index contributed by atoms with van der Waals surface area (Å²) in [7, 11) is 0. The van der Waals surface area contributed by atoms with E-state index in [1.54, 1.807) is 26.0 Å². The Morgan fingerprint density at radius 3 is 2.42 bits per heavy atom. The van der Waals surface area contributed by atoms with Gasteiger partial charge in [0, 0.05) is 10.2 Å². The Balaban J connectivity index is 2.69. The van der Waals surface area contributed by atoms with Gasteiger partial charge in [-0.25, -0.2) is 9.59 Å². The fourth-order valence-electron chi connectivity index (χ4n) is 1.54. The lowest BCUT2D eigenvalue weighted by Gasteiger charge is -2.18. The number of anilines is 1. The minimum absolute atomic E-state index is 0.185. The van der Waals surface area contributed by atoms with Gasteiger partial charge in [0.2, 0.25) is 0 Å². The van der Waals surface area contributed by atoms with Crippen LogP contribution in [0.2, 0.25) is 0 Å². The monoisotopic (exact) mass is 328 g/mol. The van der Waals surface area contributed by atoms with Gasteiger partial charge >= 0.3 is 12.0 Å². The zero-order chi connectivity index (χ0) is 14.6. The number of carbonyl (C=O) groups is 2. The Morgan fingerprint density at radius 1 is 1.32 bits per heavy atom. The van der Waals surface area contributed by atoms with Crippen molar-refractivity contribution in [2.24, 2.45) is 5.92 Å². The van der Waals surface area contributed by atoms with E-state index in [1.165, 1.54) is 0 Å². The third-order valence-electron chi connectivity index (χ3n) is 2.64. The van der Waals surface area contributed by atoms with Gasteiger partial charge in [-0.3, -0.25) is 0 Å². The molecule has 1 aromatic carbocycles. The fraction of sp³-hybridized carbons (Fsp3) is 0.385. The van der Waals surface area contributed by atoms with E-state index >= 15 is 0 Å². The molecule has 6 heteroatoms. The van der Waals surface area contributed by atoms with Crippen molar-refractivity contribution in [3.8, 4) is 0 Å². The maximum Gasteiger partial charge on any atom is 0.326 e. The molecule has 0 heterocycles. The van der Waals surface area contributed by atoms with E-state index in [0.29, 0.717) is 5.69 Å². The van der Waals surface area contributed by atoms with Crippen LogP contribution in [0.15, 0.2) is 22.7 Å². The largest absolute Gasteiger partial charge is 0.480 e. The van der Waals surface area contributed by atoms with Crippen LogP contribution >= 0.6 is 15.9 Å². The topological polar surface area (TPSA) is 78.4 Å². The fourth-order valence-corrected chi connectivity index (χ4v) is 1.79. The molecule has 1 rings (SSSR count). The molecule has 0 spiro atoms. The molecular formula is C13H17BrN2O3. The molecule has 0 aliphatic heterocycles. The number of aliphatic carboxylic acids is 1. The first kappa shape index (κ1) is 15.5. The summed E-state index contributed by atoms with van der Waals surface area (Å²) in [5.74, 6) is -1.23. The lowest BCUT2D eigenvalue weighted by atomic mass is 10.1. The summed E-state index contributed by atoms with van der Waals surface area (Å²) < 4.78 is 0.948. The number of carbonyl (C=O) groups excluding carboxylic acids is 1. The summed E-state index contributed by atoms with van der Waals surface area (Å²) in [6.45, 7) is 5.38. The molecule has 1 unspecified atom stereocenters. The molecule has 5 nitrogen and oxygen atoms in total. The molecule has 104 valence electrons. The average molecular weight is 329 g/mol. The highest BCUT2D eigenvalue weighted by Crippen LogP contribution is 2.19. The number of halogens is 1. The maximum absolute atomic E-state index is 11.7. The van der Waals surface area contributed by atoms with Crippen molar-refractivity contribution >= 4 is 33.6 Å². The molecule has 0 saturated heterocycles. The van der Waals surface area contributed by atoms with Gasteiger partial charge in [0.1, 0.15) is 6.04 Å². The quantitative estimate of drug-likeness (QED) is 0.795. The van der Waals surface area contributed by atoms with Gasteiger partial charge in [0.15, 0.2) is 0 Å². The van der Waals surface area contributed by atoms with Gasteiger partial charge in [-0.15, -0.1) is 0 Å². The number of aryl methyl sites for hydroxylation is 1. The predicted octanol–water partition coefficient (Wildman–Crippen LogP) is 2.99. The second-order valence-corrected chi connectivity index (χ2v) is 5.48. The summed E-state index contributed by atoms with van der Waals surface area (Å²) in [5, 5.41) is 14.0. The van der Waals surface area contributed by atoms with Crippen LogP contribution in [0.3, 0.4) is 0 Å². The van der Waals surface area contributed by atoms with Gasteiger partial charge < -0.3 is 15.7 Å². The normalized spacial score (nSPS) is 12.1. The molecule has 0 aliphatic carbocycles. The van der Waals surface area contributed by atoms with Gasteiger partial charge in [-0.05, 0) is 36.6 Å². The van der Waals surface area contributed by atoms with Crippen molar-refractivity contribution in [2.45, 2.75) is 26.8 Å². The number of benzene rings is 1. The van der Waals surface area contributed by atoms with E-state index in [-0.39, 0.29) is 5.92 Å². The number of hydrogen-bond donors (Lipinski definition) is 3. The SMILES string of the molecule is Cc1cc(NC(=O)NC(C(=O)O)C(C)C)ccc1Br. The summed E-state index contributed by atoms with van der Waals surface area (Å²) >= 11 is 3.37. The second kappa shape index (κ2) is 6.56. The van der Waals surface area contributed by atoms with Crippen LogP contribution in [-0.4, -0.2) is 23.1 Å². The molecule has 19 heavy (non-hydrogen) atoms. The second-order valence-electron chi connectivity index (χ2n) is 4.62. The Labute approximate surface area is 120 Å². The highest BCUT2D eigenvalue weighted by Gasteiger charge is 2.23. The highest BCUT2D eigenvalue weighted by atomic mass is 79.9. The zero-order valence-corrected chi connectivity index (χ0v) is 12.6. The molecule has 2 amide bonds. The Kier molecular flexibility index (Phi) is 5.35. The van der Waals surface area contributed by atoms with E-state index in [1.807, 2.05) is 13.0 Å². The number of nitrogens with one attached hydrogen (secondary N) is 2. The number of rotatable bonds is 4. The van der Waals surface area contributed by atoms with Gasteiger partial charge in [0.05, 0.1) is 0 Å². The van der Waals surface area contributed by atoms with Gasteiger partial charge in [-0.1, -0.05) is 29.8 Å². The van der Waals surface area contributed by atoms with Crippen molar-refractivity contribution in [3.05, 3.63) is 28.2 Å². The van der Waals surface area contributed by atoms with Crippen molar-refractivity contribution in [1.82, 2.24) is 5.32 Å². The van der Waals surface area contributed by atoms with Crippen LogP contribution in [-0.2, 0) is 4.79 Å². The third kappa shape index (κ3) is 4.55. The Morgan fingerprint density at radius 2 is 1.95 bits per heavy atom. The first-order valence-corrected chi connectivity index (χ1v) is 6.67. The minimum Gasteiger partial charge on any atom is -0.480 e. The van der Waals surface area contributed by atoms with Crippen LogP contribution in [0.25, 0.3) is 0 Å². The zero-order valence-electron chi connectivity index (χ0n) is 11.0. The van der Waals surface area contributed by atoms with E-state index in [4.69, 9.17) is 5.11 Å². The molecule has 0 saturated carbocycles. The molecule has 3 N–H and O–H groups in total. The van der Waals surface area contributed by atoms with E-state index in [9.17, 15) is 9.59 Å². The molecule has 1 aromatic rings. The van der Waals surface area contributed by atoms with E-state index in [2.05, 4.69) is 26.6 Å². The standard InChI is InChI=1S/C13H17BrN2O3/c1-7(2)11(12(17)18)16-13(19)15-9-4-5-10(14)8(3)6-9/h4-7,11H,1-3H3,(H,17,18)(H2,15,16,19). The Hall–Kier alpha value is -1.56. The molecule has 0 radical (unpaired) electrons. The van der Waals surface area contributed by atoms with Crippen LogP contribution in [0.4, 0.5) is 10.5 Å². The molecule has 0 aromatic heterocycles. The third-order valence-corrected chi connectivity index (χ3v) is 3.52. The number of carboxylic acid groups (broad SMARTS) is 1. The number of amides is 2. The van der Waals surface area contributed by atoms with E-state index < -0.39 is 18.0 Å². The number of carboxylic acids is 1. The van der Waals surface area contributed by atoms with Crippen molar-refractivity contribution < 1.29 is 14.7 Å². The number of urea groups is 1. The summed E-state index contributed by atoms with van der Waals surface area (Å²) in [6, 6.07) is 3.93. The van der Waals surface area contributed by atoms with Crippen molar-refractivity contribution in [2.75, 3.05) is 5.32 Å². The van der Waals surface area contributed by atoms with E-state index in [0.717, 1.165) is 10.0 Å². The lowest BCUT2D eigenvalue weighted by Crippen LogP contribution is -2.46.